The van der Waals surface area contributed by atoms with Gasteiger partial charge in [-0.3, -0.25) is 0 Å². The van der Waals surface area contributed by atoms with Crippen molar-refractivity contribution in [3.05, 3.63) is 108 Å². The van der Waals surface area contributed by atoms with Crippen molar-refractivity contribution in [2.75, 3.05) is 20.4 Å². The Morgan fingerprint density at radius 3 is 0.986 bits per heavy atom. The van der Waals surface area contributed by atoms with Crippen LogP contribution in [-0.2, 0) is 33.3 Å². The zero-order chi connectivity index (χ0) is 48.5. The topological polar surface area (TPSA) is 145 Å². The first-order valence-corrected chi connectivity index (χ1v) is 29.1. The summed E-state index contributed by atoms with van der Waals surface area (Å²) in [5.74, 6) is 0. The molecule has 2 unspecified atom stereocenters. The Bertz CT molecular complexity index is 2090. The number of fused-ring (bicyclic) bond motifs is 2. The van der Waals surface area contributed by atoms with Gasteiger partial charge in [-0.1, -0.05) is 228 Å². The maximum atomic E-state index is 11.8. The van der Waals surface area contributed by atoms with E-state index in [1.54, 1.807) is 12.1 Å². The van der Waals surface area contributed by atoms with Gasteiger partial charge in [-0.05, 0) is 61.1 Å². The van der Waals surface area contributed by atoms with Crippen LogP contribution in [0.2, 0.25) is 0 Å². The molecule has 10 nitrogen and oxygen atoms in total. The summed E-state index contributed by atoms with van der Waals surface area (Å²) in [4.78, 5) is 4.11. The predicted molar refractivity (Wildman–Crippen MR) is 286 cm³/mol. The van der Waals surface area contributed by atoms with Gasteiger partial charge in [-0.2, -0.15) is 0 Å². The van der Waals surface area contributed by atoms with Crippen molar-refractivity contribution in [1.82, 2.24) is 0 Å². The Morgan fingerprint density at radius 2 is 0.696 bits per heavy atom. The number of rotatable bonds is 32. The Labute approximate surface area is 447 Å². The molecule has 4 aromatic carbocycles. The maximum Gasteiger partial charge on any atom is 2.00 e. The SMILES string of the molecule is CCCCCCCCCCCCCCC1Nc2c(cccc2S(=O)(=O)[O-])N1Cc1ccccc1.CCCCCCCCCCCCCCC1Nc2c(cccc2S(=O)(=O)[O-])N1Cc1ccccc1.[Ca+2]. The first-order chi connectivity index (χ1) is 33.0. The minimum absolute atomic E-state index is 0. The van der Waals surface area contributed by atoms with Crippen molar-refractivity contribution in [1.29, 1.82) is 0 Å². The summed E-state index contributed by atoms with van der Waals surface area (Å²) in [6.07, 6.45) is 33.2. The van der Waals surface area contributed by atoms with Gasteiger partial charge in [0.2, 0.25) is 0 Å². The van der Waals surface area contributed by atoms with E-state index in [0.29, 0.717) is 24.5 Å². The van der Waals surface area contributed by atoms with Crippen LogP contribution < -0.4 is 20.4 Å². The Kier molecular flexibility index (Phi) is 27.5. The van der Waals surface area contributed by atoms with E-state index in [0.717, 1.165) is 48.2 Å². The number of hydrogen-bond acceptors (Lipinski definition) is 10. The molecule has 2 heterocycles. The van der Waals surface area contributed by atoms with E-state index < -0.39 is 20.2 Å². The first-order valence-electron chi connectivity index (χ1n) is 26.3. The van der Waals surface area contributed by atoms with Gasteiger partial charge in [0, 0.05) is 13.1 Å². The van der Waals surface area contributed by atoms with Gasteiger partial charge >= 0.3 is 37.7 Å². The summed E-state index contributed by atoms with van der Waals surface area (Å²) in [6.45, 7) is 5.87. The third-order valence-corrected chi connectivity index (χ3v) is 15.4. The second-order valence-electron chi connectivity index (χ2n) is 19.1. The Morgan fingerprint density at radius 1 is 0.406 bits per heavy atom. The molecule has 0 amide bonds. The van der Waals surface area contributed by atoms with E-state index >= 15 is 0 Å². The van der Waals surface area contributed by atoms with Crippen molar-refractivity contribution in [2.45, 2.75) is 216 Å². The molecule has 2 N–H and O–H groups in total. The van der Waals surface area contributed by atoms with Crippen LogP contribution in [0.3, 0.4) is 0 Å². The van der Waals surface area contributed by atoms with Crippen molar-refractivity contribution in [2.24, 2.45) is 0 Å². The van der Waals surface area contributed by atoms with E-state index in [1.807, 2.05) is 48.5 Å². The van der Waals surface area contributed by atoms with Crippen LogP contribution in [0.25, 0.3) is 0 Å². The van der Waals surface area contributed by atoms with Crippen molar-refractivity contribution < 1.29 is 25.9 Å². The number of anilines is 4. The monoisotopic (exact) mass is 1010 g/mol. The number of hydrogen-bond donors (Lipinski definition) is 2. The van der Waals surface area contributed by atoms with E-state index in [2.05, 4.69) is 58.5 Å². The molecule has 0 aromatic heterocycles. The van der Waals surface area contributed by atoms with Gasteiger partial charge in [-0.25, -0.2) is 16.8 Å². The fraction of sp³-hybridized carbons (Fsp3) is 0.571. The summed E-state index contributed by atoms with van der Waals surface area (Å²) < 4.78 is 70.9. The van der Waals surface area contributed by atoms with Crippen LogP contribution in [0, 0.1) is 0 Å². The van der Waals surface area contributed by atoms with Crippen LogP contribution in [0.1, 0.15) is 192 Å². The largest absolute Gasteiger partial charge is 2.00 e. The van der Waals surface area contributed by atoms with Crippen LogP contribution in [0.5, 0.6) is 0 Å². The molecule has 2 atom stereocenters. The molecule has 376 valence electrons. The molecule has 0 aliphatic carbocycles. The third kappa shape index (κ3) is 20.3. The Hall–Kier alpha value is -2.84. The molecule has 0 bridgehead atoms. The molecule has 0 radical (unpaired) electrons. The smallest absolute Gasteiger partial charge is 0.744 e. The van der Waals surface area contributed by atoms with Crippen LogP contribution in [0.15, 0.2) is 107 Å². The number of nitrogens with zero attached hydrogens (tertiary/aromatic N) is 2. The van der Waals surface area contributed by atoms with E-state index in [9.17, 15) is 25.9 Å². The molecule has 2 aliphatic rings. The summed E-state index contributed by atoms with van der Waals surface area (Å²) in [5, 5.41) is 6.73. The molecule has 2 aliphatic heterocycles. The van der Waals surface area contributed by atoms with Gasteiger partial charge in [0.25, 0.3) is 0 Å². The molecule has 4 aromatic rings. The molecule has 0 saturated carbocycles. The summed E-state index contributed by atoms with van der Waals surface area (Å²) in [6, 6.07) is 30.3. The molecule has 13 heteroatoms. The van der Waals surface area contributed by atoms with Gasteiger partial charge in [0.15, 0.2) is 0 Å². The fourth-order valence-electron chi connectivity index (χ4n) is 9.81. The quantitative estimate of drug-likeness (QED) is 0.0275. The normalized spacial score (nSPS) is 15.1. The van der Waals surface area contributed by atoms with E-state index in [4.69, 9.17) is 0 Å². The number of nitrogens with one attached hydrogen (secondary N) is 2. The van der Waals surface area contributed by atoms with Gasteiger partial charge in [0.1, 0.15) is 20.2 Å². The first kappa shape index (κ1) is 58.7. The standard InChI is InChI=1S/2C28H42N2O3S.Ca/c2*1-2-3-4-5-6-7-8-9-10-11-12-16-22-27-29-28-25(20-17-21-26(28)34(31,32)33)30(27)23-24-18-14-13-15-19-24;/h2*13-15,17-21,27,29H,2-12,16,22-23H2,1H3,(H,31,32,33);/q;;+2/p-2. The average Bonchev–Trinajstić information content (AvgIpc) is 3.86. The Balaban J connectivity index is 0.000000296. The number of unbranched alkanes of at least 4 members (excludes halogenated alkanes) is 22. The van der Waals surface area contributed by atoms with Crippen molar-refractivity contribution >= 4 is 80.7 Å². The van der Waals surface area contributed by atoms with E-state index in [-0.39, 0.29) is 59.9 Å². The summed E-state index contributed by atoms with van der Waals surface area (Å²) in [5.41, 5.74) is 4.82. The molecule has 0 spiro atoms. The van der Waals surface area contributed by atoms with Gasteiger partial charge in [0.05, 0.1) is 44.9 Å². The average molecular weight is 1010 g/mol. The molecular formula is C56H82CaN4O6S2. The van der Waals surface area contributed by atoms with Crippen molar-refractivity contribution in [3.8, 4) is 0 Å². The molecule has 0 fully saturated rings. The van der Waals surface area contributed by atoms with E-state index in [1.165, 1.54) is 153 Å². The zero-order valence-electron chi connectivity index (χ0n) is 42.1. The molecule has 6 rings (SSSR count). The minimum atomic E-state index is -4.53. The second-order valence-corrected chi connectivity index (χ2v) is 21.8. The summed E-state index contributed by atoms with van der Waals surface area (Å²) >= 11 is 0. The fourth-order valence-corrected chi connectivity index (χ4v) is 11.1. The van der Waals surface area contributed by atoms with Crippen LogP contribution in [-0.4, -0.2) is 76.0 Å². The number of benzene rings is 4. The summed E-state index contributed by atoms with van der Waals surface area (Å²) in [7, 11) is -9.07. The third-order valence-electron chi connectivity index (χ3n) is 13.6. The van der Waals surface area contributed by atoms with Crippen LogP contribution >= 0.6 is 0 Å². The molecule has 0 saturated heterocycles. The van der Waals surface area contributed by atoms with Crippen LogP contribution in [0.4, 0.5) is 22.7 Å². The molecule has 69 heavy (non-hydrogen) atoms. The maximum absolute atomic E-state index is 11.8. The minimum Gasteiger partial charge on any atom is -0.744 e. The number of para-hydroxylation sites is 2. The zero-order valence-corrected chi connectivity index (χ0v) is 45.9. The van der Waals surface area contributed by atoms with Crippen molar-refractivity contribution in [3.63, 3.8) is 0 Å². The second kappa shape index (κ2) is 32.3. The predicted octanol–water partition coefficient (Wildman–Crippen LogP) is 14.5. The molecular weight excluding hydrogens is 929 g/mol. The van der Waals surface area contributed by atoms with Gasteiger partial charge < -0.3 is 29.5 Å². The van der Waals surface area contributed by atoms with Gasteiger partial charge in [-0.15, -0.1) is 0 Å².